The highest BCUT2D eigenvalue weighted by Crippen LogP contribution is 2.52. The Balaban J connectivity index is 1.69. The van der Waals surface area contributed by atoms with Gasteiger partial charge in [0.05, 0.1) is 12.1 Å². The van der Waals surface area contributed by atoms with Gasteiger partial charge in [0, 0.05) is 30.9 Å². The van der Waals surface area contributed by atoms with Crippen molar-refractivity contribution in [2.45, 2.75) is 84.0 Å². The number of aliphatic hydroxyl groups excluding tert-OH is 1. The van der Waals surface area contributed by atoms with Crippen LogP contribution in [0.3, 0.4) is 0 Å². The summed E-state index contributed by atoms with van der Waals surface area (Å²) in [5, 5.41) is 29.6. The minimum Gasteiger partial charge on any atom is -0.465 e. The zero-order valence-electron chi connectivity index (χ0n) is 20.4. The third-order valence-electron chi connectivity index (χ3n) is 7.55. The van der Waals surface area contributed by atoms with Gasteiger partial charge in [-0.15, -0.1) is 0 Å². The first-order valence-electron chi connectivity index (χ1n) is 11.7. The lowest BCUT2D eigenvalue weighted by molar-refractivity contribution is -0.0886. The van der Waals surface area contributed by atoms with E-state index in [1.807, 2.05) is 18.9 Å². The Morgan fingerprint density at radius 1 is 1.41 bits per heavy atom. The first kappa shape index (κ1) is 24.2. The van der Waals surface area contributed by atoms with E-state index < -0.39 is 24.1 Å². The maximum absolute atomic E-state index is 14.9. The normalized spacial score (nSPS) is 24.7. The molecule has 2 bridgehead atoms. The summed E-state index contributed by atoms with van der Waals surface area (Å²) in [6, 6.07) is 1.58. The van der Waals surface area contributed by atoms with Gasteiger partial charge < -0.3 is 20.4 Å². The minimum absolute atomic E-state index is 0.0439. The van der Waals surface area contributed by atoms with Crippen molar-refractivity contribution >= 4 is 23.7 Å². The molecule has 1 amide bonds. The van der Waals surface area contributed by atoms with Gasteiger partial charge in [-0.3, -0.25) is 10.00 Å². The molecule has 4 rings (SSSR count). The van der Waals surface area contributed by atoms with E-state index in [2.05, 4.69) is 46.3 Å². The largest absolute Gasteiger partial charge is 0.465 e. The van der Waals surface area contributed by atoms with Crippen LogP contribution < -0.4 is 10.2 Å². The monoisotopic (exact) mass is 475 g/mol. The van der Waals surface area contributed by atoms with E-state index in [-0.39, 0.29) is 35.0 Å². The highest BCUT2D eigenvalue weighted by atomic mass is 19.1. The number of rotatable bonds is 5. The highest BCUT2D eigenvalue weighted by Gasteiger charge is 2.57. The number of hydrogen-bond donors (Lipinski definition) is 4. The second-order valence-electron chi connectivity index (χ2n) is 10.5. The number of amides is 1. The summed E-state index contributed by atoms with van der Waals surface area (Å²) in [5.74, 6) is -0.121. The molecule has 0 spiro atoms. The Bertz CT molecular complexity index is 1070. The van der Waals surface area contributed by atoms with Crippen molar-refractivity contribution in [2.75, 3.05) is 17.3 Å². The van der Waals surface area contributed by atoms with E-state index in [1.165, 1.54) is 0 Å². The fourth-order valence-electron chi connectivity index (χ4n) is 5.71. The maximum Gasteiger partial charge on any atom is 0.408 e. The molecule has 0 aromatic carbocycles. The molecule has 3 atom stereocenters. The molecular formula is C23H34FN7O3. The molecule has 0 radical (unpaired) electrons. The van der Waals surface area contributed by atoms with Crippen molar-refractivity contribution in [3.63, 3.8) is 0 Å². The second kappa shape index (κ2) is 8.68. The molecule has 2 aromatic heterocycles. The molecule has 0 saturated carbocycles. The summed E-state index contributed by atoms with van der Waals surface area (Å²) in [6.45, 7) is 7.55. The molecule has 2 saturated heterocycles. The average Bonchev–Trinajstić information content (AvgIpc) is 3.17. The van der Waals surface area contributed by atoms with E-state index in [9.17, 15) is 19.4 Å². The van der Waals surface area contributed by atoms with Gasteiger partial charge in [0.25, 0.3) is 0 Å². The van der Waals surface area contributed by atoms with Crippen LogP contribution in [-0.4, -0.2) is 66.0 Å². The Morgan fingerprint density at radius 2 is 2.15 bits per heavy atom. The quantitative estimate of drug-likeness (QED) is 0.514. The summed E-state index contributed by atoms with van der Waals surface area (Å²) < 4.78 is 14.9. The molecule has 0 unspecified atom stereocenters. The number of aliphatic hydroxyl groups is 1. The molecule has 2 aliphatic rings. The number of aryl methyl sites for hydroxylation is 1. The fraction of sp³-hybridized carbons (Fsp3) is 0.652. The summed E-state index contributed by atoms with van der Waals surface area (Å²) in [5.41, 5.74) is -0.0957. The third kappa shape index (κ3) is 4.06. The number of halogens is 1. The van der Waals surface area contributed by atoms with Gasteiger partial charge in [-0.2, -0.15) is 10.1 Å². The highest BCUT2D eigenvalue weighted by molar-refractivity contribution is 5.68. The Hall–Kier alpha value is -2.95. The number of aromatic amines is 1. The zero-order valence-corrected chi connectivity index (χ0v) is 20.4. The maximum atomic E-state index is 14.9. The molecule has 2 fully saturated rings. The number of anilines is 3. The van der Waals surface area contributed by atoms with Crippen molar-refractivity contribution in [3.8, 4) is 0 Å². The molecule has 10 nitrogen and oxygen atoms in total. The zero-order chi connectivity index (χ0) is 24.8. The SMILES string of the molecule is Cc1cc(Nc2nc(N(C)[C@H]3C[C@@H]4CCC[C@](C(C)(C)C)(C3)N4C(=O)O)nc(CO)c2F)n[nH]1. The number of hydrogen-bond acceptors (Lipinski definition) is 7. The molecule has 34 heavy (non-hydrogen) atoms. The Kier molecular flexibility index (Phi) is 6.17. The van der Waals surface area contributed by atoms with Crippen LogP contribution in [0.1, 0.15) is 64.3 Å². The van der Waals surface area contributed by atoms with Crippen molar-refractivity contribution < 1.29 is 19.4 Å². The van der Waals surface area contributed by atoms with Crippen LogP contribution in [0.15, 0.2) is 6.07 Å². The summed E-state index contributed by atoms with van der Waals surface area (Å²) in [6.07, 6.45) is 2.97. The Labute approximate surface area is 198 Å². The van der Waals surface area contributed by atoms with Crippen LogP contribution >= 0.6 is 0 Å². The molecule has 4 N–H and O–H groups in total. The van der Waals surface area contributed by atoms with Gasteiger partial charge in [-0.05, 0) is 44.4 Å². The average molecular weight is 476 g/mol. The number of carbonyl (C=O) groups is 1. The van der Waals surface area contributed by atoms with Crippen LogP contribution in [-0.2, 0) is 6.61 Å². The molecular weight excluding hydrogens is 441 g/mol. The summed E-state index contributed by atoms with van der Waals surface area (Å²) >= 11 is 0. The van der Waals surface area contributed by atoms with Crippen molar-refractivity contribution in [2.24, 2.45) is 5.41 Å². The summed E-state index contributed by atoms with van der Waals surface area (Å²) in [7, 11) is 1.85. The first-order chi connectivity index (χ1) is 16.0. The van der Waals surface area contributed by atoms with Gasteiger partial charge in [0.1, 0.15) is 5.69 Å². The van der Waals surface area contributed by atoms with Crippen LogP contribution in [0.4, 0.5) is 26.8 Å². The topological polar surface area (TPSA) is 130 Å². The van der Waals surface area contributed by atoms with Gasteiger partial charge >= 0.3 is 6.09 Å². The van der Waals surface area contributed by atoms with E-state index in [0.29, 0.717) is 18.7 Å². The molecule has 186 valence electrons. The smallest absolute Gasteiger partial charge is 0.408 e. The third-order valence-corrected chi connectivity index (χ3v) is 7.55. The van der Waals surface area contributed by atoms with Gasteiger partial charge in [0.2, 0.25) is 5.95 Å². The molecule has 2 aliphatic heterocycles. The van der Waals surface area contributed by atoms with Crippen molar-refractivity contribution in [1.29, 1.82) is 0 Å². The number of aromatic nitrogens is 4. The number of H-pyrrole nitrogens is 1. The lowest BCUT2D eigenvalue weighted by Gasteiger charge is -2.62. The molecule has 0 aliphatic carbocycles. The first-order valence-corrected chi connectivity index (χ1v) is 11.7. The van der Waals surface area contributed by atoms with E-state index in [0.717, 1.165) is 25.0 Å². The lowest BCUT2D eigenvalue weighted by Crippen LogP contribution is -2.70. The lowest BCUT2D eigenvalue weighted by atomic mass is 9.60. The number of piperidine rings is 2. The fourth-order valence-corrected chi connectivity index (χ4v) is 5.71. The number of fused-ring (bicyclic) bond motifs is 2. The van der Waals surface area contributed by atoms with Crippen molar-refractivity contribution in [3.05, 3.63) is 23.3 Å². The van der Waals surface area contributed by atoms with Gasteiger partial charge in [-0.25, -0.2) is 14.2 Å². The number of nitrogens with zero attached hydrogens (tertiary/aromatic N) is 5. The molecule has 2 aromatic rings. The minimum atomic E-state index is -0.873. The standard InChI is InChI=1S/C23H34FN7O3/c1-13-9-17(29-28-13)26-19-18(24)16(12-32)25-20(27-19)30(5)15-10-14-7-6-8-23(11-15,22(2,3)4)31(14)21(33)34/h9,14-15,32H,6-8,10-12H2,1-5H3,(H,33,34)(H2,25,26,27,28,29)/t14-,15-,23+/m0/s1. The molecule has 4 heterocycles. The summed E-state index contributed by atoms with van der Waals surface area (Å²) in [4.78, 5) is 24.6. The van der Waals surface area contributed by atoms with E-state index in [4.69, 9.17) is 0 Å². The predicted octanol–water partition coefficient (Wildman–Crippen LogP) is 3.80. The van der Waals surface area contributed by atoms with Crippen LogP contribution in [0.5, 0.6) is 0 Å². The van der Waals surface area contributed by atoms with Crippen molar-refractivity contribution in [1.82, 2.24) is 25.1 Å². The van der Waals surface area contributed by atoms with Crippen LogP contribution in [0.2, 0.25) is 0 Å². The van der Waals surface area contributed by atoms with Gasteiger partial charge in [-0.1, -0.05) is 20.8 Å². The van der Waals surface area contributed by atoms with Crippen LogP contribution in [0.25, 0.3) is 0 Å². The van der Waals surface area contributed by atoms with Crippen LogP contribution in [0, 0.1) is 18.2 Å². The Morgan fingerprint density at radius 3 is 2.74 bits per heavy atom. The van der Waals surface area contributed by atoms with Gasteiger partial charge in [0.15, 0.2) is 17.5 Å². The van der Waals surface area contributed by atoms with E-state index in [1.54, 1.807) is 11.0 Å². The second-order valence-corrected chi connectivity index (χ2v) is 10.5. The number of carboxylic acid groups (broad SMARTS) is 1. The number of nitrogens with one attached hydrogen (secondary N) is 2. The van der Waals surface area contributed by atoms with E-state index >= 15 is 0 Å². The molecule has 11 heteroatoms. The predicted molar refractivity (Wildman–Crippen MR) is 126 cm³/mol.